The van der Waals surface area contributed by atoms with Gasteiger partial charge in [0.15, 0.2) is 0 Å². The third kappa shape index (κ3) is 2.61. The van der Waals surface area contributed by atoms with Crippen LogP contribution in [0.4, 0.5) is 0 Å². The number of nitrogens with two attached hydrogens (primary N) is 1. The predicted octanol–water partition coefficient (Wildman–Crippen LogP) is 1.24. The van der Waals surface area contributed by atoms with E-state index in [1.165, 1.54) is 16.0 Å². The van der Waals surface area contributed by atoms with Crippen molar-refractivity contribution in [1.29, 1.82) is 0 Å². The molecule has 0 aromatic carbocycles. The number of fused-ring (bicyclic) bond motifs is 1. The number of rotatable bonds is 7. The van der Waals surface area contributed by atoms with Crippen molar-refractivity contribution in [1.82, 2.24) is 9.61 Å². The molecule has 2 aromatic heterocycles. The summed E-state index contributed by atoms with van der Waals surface area (Å²) in [6.07, 6.45) is 1.70. The number of aryl methyl sites for hydroxylation is 1. The number of aromatic nitrogens is 3. The summed E-state index contributed by atoms with van der Waals surface area (Å²) in [6, 6.07) is 0. The summed E-state index contributed by atoms with van der Waals surface area (Å²) in [7, 11) is -3.35. The van der Waals surface area contributed by atoms with Gasteiger partial charge in [0, 0.05) is 16.9 Å². The number of thiazole rings is 1. The van der Waals surface area contributed by atoms with E-state index in [2.05, 4.69) is 12.0 Å². The van der Waals surface area contributed by atoms with Crippen LogP contribution in [0.1, 0.15) is 33.0 Å². The quantitative estimate of drug-likeness (QED) is 0.472. The van der Waals surface area contributed by atoms with Crippen molar-refractivity contribution in [3.8, 4) is 0 Å². The molecule has 0 saturated heterocycles. The molecule has 2 rings (SSSR count). The van der Waals surface area contributed by atoms with Crippen molar-refractivity contribution >= 4 is 29.3 Å². The topological polar surface area (TPSA) is 82.7 Å². The zero-order chi connectivity index (χ0) is 14.8. The fraction of sp³-hybridized carbons (Fsp3) is 0.636. The van der Waals surface area contributed by atoms with Crippen LogP contribution in [0.15, 0.2) is 5.38 Å². The highest BCUT2D eigenvalue weighted by Crippen LogP contribution is 2.47. The number of nitrogens with zero attached hydrogens (tertiary/aromatic N) is 3. The lowest BCUT2D eigenvalue weighted by molar-refractivity contribution is -0.618. The van der Waals surface area contributed by atoms with E-state index in [4.69, 9.17) is 14.9 Å². The summed E-state index contributed by atoms with van der Waals surface area (Å²) in [5, 5.41) is 6.16. The van der Waals surface area contributed by atoms with Crippen LogP contribution in [0.25, 0.3) is 4.96 Å². The van der Waals surface area contributed by atoms with Crippen LogP contribution >= 0.6 is 18.9 Å². The minimum atomic E-state index is -3.35. The van der Waals surface area contributed by atoms with Crippen molar-refractivity contribution in [3.05, 3.63) is 11.2 Å². The second kappa shape index (κ2) is 6.22. The Morgan fingerprint density at radius 1 is 1.40 bits per heavy atom. The summed E-state index contributed by atoms with van der Waals surface area (Å²) < 4.78 is 26.6. The predicted molar refractivity (Wildman–Crippen MR) is 77.9 cm³/mol. The molecule has 0 aliphatic heterocycles. The summed E-state index contributed by atoms with van der Waals surface area (Å²) in [5.41, 5.74) is 0.433. The van der Waals surface area contributed by atoms with Gasteiger partial charge < -0.3 is 9.05 Å². The molecule has 2 aromatic rings. The summed E-state index contributed by atoms with van der Waals surface area (Å²) >= 11 is 1.37. The highest BCUT2D eigenvalue weighted by atomic mass is 32.1. The fourth-order valence-corrected chi connectivity index (χ4v) is 4.82. The van der Waals surface area contributed by atoms with E-state index in [0.717, 1.165) is 18.7 Å². The van der Waals surface area contributed by atoms with Gasteiger partial charge in [0.2, 0.25) is 5.44 Å². The zero-order valence-corrected chi connectivity index (χ0v) is 13.6. The van der Waals surface area contributed by atoms with Gasteiger partial charge >= 0.3 is 18.4 Å². The van der Waals surface area contributed by atoms with E-state index in [-0.39, 0.29) is 0 Å². The third-order valence-electron chi connectivity index (χ3n) is 2.72. The Hall–Kier alpha value is -0.950. The van der Waals surface area contributed by atoms with E-state index in [0.29, 0.717) is 23.6 Å². The van der Waals surface area contributed by atoms with Gasteiger partial charge in [0.05, 0.1) is 13.2 Å². The average molecular weight is 319 g/mol. The molecule has 112 valence electrons. The average Bonchev–Trinajstić information content (AvgIpc) is 2.93. The third-order valence-corrected chi connectivity index (χ3v) is 5.89. The van der Waals surface area contributed by atoms with Gasteiger partial charge in [-0.05, 0) is 20.3 Å². The molecule has 20 heavy (non-hydrogen) atoms. The SMILES string of the molecule is CCCc1nn2c(P(=O)(OCC)OCC)csc2[n+]1N. The highest BCUT2D eigenvalue weighted by molar-refractivity contribution is 7.62. The zero-order valence-electron chi connectivity index (χ0n) is 11.9. The first kappa shape index (κ1) is 15.4. The van der Waals surface area contributed by atoms with E-state index >= 15 is 0 Å². The van der Waals surface area contributed by atoms with Crippen LogP contribution in [-0.2, 0) is 20.0 Å². The van der Waals surface area contributed by atoms with Crippen molar-refractivity contribution in [2.45, 2.75) is 33.6 Å². The van der Waals surface area contributed by atoms with Crippen molar-refractivity contribution < 1.29 is 18.3 Å². The molecule has 0 spiro atoms. The molecular formula is C11H20N4O3PS+. The molecule has 0 aliphatic carbocycles. The normalized spacial score (nSPS) is 12.3. The molecule has 0 unspecified atom stereocenters. The monoisotopic (exact) mass is 319 g/mol. The molecule has 0 bridgehead atoms. The van der Waals surface area contributed by atoms with Gasteiger partial charge in [0.1, 0.15) is 0 Å². The van der Waals surface area contributed by atoms with Crippen molar-refractivity contribution in [2.24, 2.45) is 0 Å². The molecule has 0 aliphatic rings. The molecule has 2 N–H and O–H groups in total. The van der Waals surface area contributed by atoms with Gasteiger partial charge in [-0.1, -0.05) is 22.8 Å². The molecule has 9 heteroatoms. The molecule has 2 heterocycles. The van der Waals surface area contributed by atoms with Crippen LogP contribution < -0.4 is 16.0 Å². The summed E-state index contributed by atoms with van der Waals surface area (Å²) in [5.74, 6) is 6.75. The molecular weight excluding hydrogens is 299 g/mol. The van der Waals surface area contributed by atoms with E-state index in [9.17, 15) is 4.57 Å². The van der Waals surface area contributed by atoms with Gasteiger partial charge in [-0.15, -0.1) is 4.68 Å². The second-order valence-electron chi connectivity index (χ2n) is 4.16. The first-order valence-corrected chi connectivity index (χ1v) is 9.05. The first-order chi connectivity index (χ1) is 9.57. The number of nitrogen functional groups attached to an aromatic ring is 1. The lowest BCUT2D eigenvalue weighted by Crippen LogP contribution is -2.46. The Morgan fingerprint density at radius 2 is 2.05 bits per heavy atom. The fourth-order valence-electron chi connectivity index (χ4n) is 1.91. The second-order valence-corrected chi connectivity index (χ2v) is 6.96. The maximum atomic E-state index is 12.8. The van der Waals surface area contributed by atoms with E-state index in [1.54, 1.807) is 23.7 Å². The lowest BCUT2D eigenvalue weighted by Gasteiger charge is -2.12. The van der Waals surface area contributed by atoms with Gasteiger partial charge in [-0.2, -0.15) is 0 Å². The van der Waals surface area contributed by atoms with Gasteiger partial charge in [-0.3, -0.25) is 10.4 Å². The molecule has 0 saturated carbocycles. The summed E-state index contributed by atoms with van der Waals surface area (Å²) in [6.45, 7) is 6.23. The van der Waals surface area contributed by atoms with Gasteiger partial charge in [-0.25, -0.2) is 0 Å². The summed E-state index contributed by atoms with van der Waals surface area (Å²) in [4.78, 5) is 0.711. The van der Waals surface area contributed by atoms with Gasteiger partial charge in [0.25, 0.3) is 0 Å². The number of hydrogen-bond donors (Lipinski definition) is 1. The Balaban J connectivity index is 2.53. The Labute approximate surface area is 121 Å². The highest BCUT2D eigenvalue weighted by Gasteiger charge is 2.37. The van der Waals surface area contributed by atoms with E-state index in [1.807, 2.05) is 0 Å². The maximum Gasteiger partial charge on any atom is 0.397 e. The Morgan fingerprint density at radius 3 is 2.60 bits per heavy atom. The lowest BCUT2D eigenvalue weighted by atomic mass is 10.3. The van der Waals surface area contributed by atoms with Crippen LogP contribution in [0.3, 0.4) is 0 Å². The Kier molecular flexibility index (Phi) is 4.80. The van der Waals surface area contributed by atoms with Crippen molar-refractivity contribution in [2.75, 3.05) is 19.1 Å². The largest absolute Gasteiger partial charge is 0.397 e. The number of hydrogen-bond acceptors (Lipinski definition) is 6. The van der Waals surface area contributed by atoms with Crippen LogP contribution in [0, 0.1) is 0 Å². The smallest absolute Gasteiger partial charge is 0.303 e. The van der Waals surface area contributed by atoms with Crippen LogP contribution in [-0.4, -0.2) is 22.8 Å². The minimum absolute atomic E-state index is 0.306. The Bertz CT molecular complexity index is 629. The molecule has 7 nitrogen and oxygen atoms in total. The maximum absolute atomic E-state index is 12.8. The molecule has 0 atom stereocenters. The van der Waals surface area contributed by atoms with Crippen molar-refractivity contribution in [3.63, 3.8) is 0 Å². The standard InChI is InChI=1S/C11H20N4O3PS/c1-4-7-9-13-15-10(8-20-11(15)14(9)12)19(16,17-5-2)18-6-3/h8H,4-7,12H2,1-3H3/q+1. The van der Waals surface area contributed by atoms with Crippen LogP contribution in [0.5, 0.6) is 0 Å². The molecule has 0 radical (unpaired) electrons. The first-order valence-electron chi connectivity index (χ1n) is 6.63. The minimum Gasteiger partial charge on any atom is -0.303 e. The van der Waals surface area contributed by atoms with Crippen LogP contribution in [0.2, 0.25) is 0 Å². The molecule has 0 fully saturated rings. The van der Waals surface area contributed by atoms with E-state index < -0.39 is 7.60 Å². The molecule has 0 amide bonds.